The lowest BCUT2D eigenvalue weighted by atomic mass is 10.1. The first kappa shape index (κ1) is 9.52. The normalized spacial score (nSPS) is 9.92. The van der Waals surface area contributed by atoms with E-state index in [0.29, 0.717) is 27.7 Å². The SMILES string of the molecule is C=C(CN)c1c(Cl)cncc1Cl. The Kier molecular flexibility index (Phi) is 3.09. The van der Waals surface area contributed by atoms with Crippen LogP contribution in [0.25, 0.3) is 5.57 Å². The van der Waals surface area contributed by atoms with Gasteiger partial charge in [0.1, 0.15) is 0 Å². The van der Waals surface area contributed by atoms with Crippen LogP contribution in [0.15, 0.2) is 19.0 Å². The number of hydrogen-bond acceptors (Lipinski definition) is 2. The van der Waals surface area contributed by atoms with E-state index in [1.807, 2.05) is 0 Å². The van der Waals surface area contributed by atoms with Crippen molar-refractivity contribution in [2.24, 2.45) is 5.73 Å². The van der Waals surface area contributed by atoms with Crippen LogP contribution in [0.1, 0.15) is 5.56 Å². The fraction of sp³-hybridized carbons (Fsp3) is 0.125. The van der Waals surface area contributed by atoms with Crippen molar-refractivity contribution in [1.29, 1.82) is 0 Å². The maximum Gasteiger partial charge on any atom is 0.0679 e. The highest BCUT2D eigenvalue weighted by atomic mass is 35.5. The van der Waals surface area contributed by atoms with E-state index in [2.05, 4.69) is 11.6 Å². The van der Waals surface area contributed by atoms with Crippen molar-refractivity contribution in [3.8, 4) is 0 Å². The number of pyridine rings is 1. The van der Waals surface area contributed by atoms with Crippen LogP contribution in [-0.2, 0) is 0 Å². The molecule has 0 amide bonds. The third kappa shape index (κ3) is 1.78. The van der Waals surface area contributed by atoms with E-state index in [-0.39, 0.29) is 0 Å². The Balaban J connectivity index is 3.21. The number of halogens is 2. The minimum absolute atomic E-state index is 0.337. The summed E-state index contributed by atoms with van der Waals surface area (Å²) >= 11 is 11.7. The van der Waals surface area contributed by atoms with E-state index in [1.165, 1.54) is 12.4 Å². The molecule has 0 aliphatic heterocycles. The quantitative estimate of drug-likeness (QED) is 0.801. The van der Waals surface area contributed by atoms with Crippen LogP contribution < -0.4 is 5.73 Å². The van der Waals surface area contributed by atoms with E-state index in [0.717, 1.165) is 0 Å². The monoisotopic (exact) mass is 202 g/mol. The van der Waals surface area contributed by atoms with E-state index in [4.69, 9.17) is 28.9 Å². The van der Waals surface area contributed by atoms with Gasteiger partial charge >= 0.3 is 0 Å². The van der Waals surface area contributed by atoms with Gasteiger partial charge in [-0.2, -0.15) is 0 Å². The molecule has 1 heterocycles. The van der Waals surface area contributed by atoms with Crippen LogP contribution in [0.4, 0.5) is 0 Å². The Labute approximate surface area is 81.0 Å². The predicted molar refractivity (Wildman–Crippen MR) is 52.3 cm³/mol. The molecule has 1 aromatic heterocycles. The molecule has 0 unspecified atom stereocenters. The molecule has 64 valence electrons. The van der Waals surface area contributed by atoms with Gasteiger partial charge in [0.25, 0.3) is 0 Å². The van der Waals surface area contributed by atoms with Crippen LogP contribution in [0.5, 0.6) is 0 Å². The summed E-state index contributed by atoms with van der Waals surface area (Å²) in [5, 5.41) is 0.968. The average Bonchev–Trinajstić information content (AvgIpc) is 2.03. The molecule has 0 spiro atoms. The number of nitrogens with zero attached hydrogens (tertiary/aromatic N) is 1. The second-order valence-electron chi connectivity index (χ2n) is 2.29. The van der Waals surface area contributed by atoms with Crippen molar-refractivity contribution in [2.45, 2.75) is 0 Å². The molecule has 12 heavy (non-hydrogen) atoms. The van der Waals surface area contributed by atoms with E-state index < -0.39 is 0 Å². The zero-order valence-electron chi connectivity index (χ0n) is 6.35. The molecule has 0 atom stereocenters. The summed E-state index contributed by atoms with van der Waals surface area (Å²) in [5.74, 6) is 0. The second kappa shape index (κ2) is 3.90. The van der Waals surface area contributed by atoms with Crippen molar-refractivity contribution in [3.63, 3.8) is 0 Å². The van der Waals surface area contributed by atoms with Gasteiger partial charge in [-0.05, 0) is 5.57 Å². The zero-order valence-corrected chi connectivity index (χ0v) is 7.86. The van der Waals surface area contributed by atoms with Gasteiger partial charge in [-0.3, -0.25) is 4.98 Å². The highest BCUT2D eigenvalue weighted by Crippen LogP contribution is 2.28. The molecule has 0 radical (unpaired) electrons. The molecular weight excluding hydrogens is 195 g/mol. The van der Waals surface area contributed by atoms with Crippen molar-refractivity contribution in [2.75, 3.05) is 6.54 Å². The highest BCUT2D eigenvalue weighted by molar-refractivity contribution is 6.37. The van der Waals surface area contributed by atoms with Crippen LogP contribution in [0, 0.1) is 0 Å². The molecule has 2 N–H and O–H groups in total. The molecule has 1 aromatic rings. The van der Waals surface area contributed by atoms with Crippen LogP contribution >= 0.6 is 23.2 Å². The average molecular weight is 203 g/mol. The minimum Gasteiger partial charge on any atom is -0.326 e. The summed E-state index contributed by atoms with van der Waals surface area (Å²) in [4.78, 5) is 3.82. The zero-order chi connectivity index (χ0) is 9.14. The number of nitrogens with two attached hydrogens (primary N) is 1. The molecule has 0 saturated carbocycles. The summed E-state index contributed by atoms with van der Waals surface area (Å²) < 4.78 is 0. The van der Waals surface area contributed by atoms with Crippen molar-refractivity contribution >= 4 is 28.8 Å². The smallest absolute Gasteiger partial charge is 0.0679 e. The Hall–Kier alpha value is -0.570. The third-order valence-corrected chi connectivity index (χ3v) is 2.03. The van der Waals surface area contributed by atoms with Gasteiger partial charge in [0, 0.05) is 24.5 Å². The molecule has 1 rings (SSSR count). The first-order chi connectivity index (χ1) is 5.66. The Bertz CT molecular complexity index is 290. The van der Waals surface area contributed by atoms with Crippen LogP contribution in [0.3, 0.4) is 0 Å². The van der Waals surface area contributed by atoms with Gasteiger partial charge < -0.3 is 5.73 Å². The summed E-state index contributed by atoms with van der Waals surface area (Å²) in [6.45, 7) is 4.08. The molecular formula is C8H8Cl2N2. The van der Waals surface area contributed by atoms with Gasteiger partial charge in [-0.1, -0.05) is 29.8 Å². The van der Waals surface area contributed by atoms with Gasteiger partial charge in [-0.25, -0.2) is 0 Å². The number of rotatable bonds is 2. The molecule has 0 aliphatic rings. The van der Waals surface area contributed by atoms with Crippen molar-refractivity contribution in [3.05, 3.63) is 34.6 Å². The van der Waals surface area contributed by atoms with Gasteiger partial charge in [0.15, 0.2) is 0 Å². The van der Waals surface area contributed by atoms with E-state index >= 15 is 0 Å². The van der Waals surface area contributed by atoms with E-state index in [9.17, 15) is 0 Å². The molecule has 0 fully saturated rings. The Morgan fingerprint density at radius 3 is 2.33 bits per heavy atom. The summed E-state index contributed by atoms with van der Waals surface area (Å²) in [6, 6.07) is 0. The summed E-state index contributed by atoms with van der Waals surface area (Å²) in [5.41, 5.74) is 6.81. The molecule has 0 saturated heterocycles. The number of aromatic nitrogens is 1. The maximum absolute atomic E-state index is 5.84. The lowest BCUT2D eigenvalue weighted by Gasteiger charge is -2.06. The Morgan fingerprint density at radius 2 is 1.92 bits per heavy atom. The predicted octanol–water partition coefficient (Wildman–Crippen LogP) is 2.36. The molecule has 4 heteroatoms. The maximum atomic E-state index is 5.84. The minimum atomic E-state index is 0.337. The van der Waals surface area contributed by atoms with E-state index in [1.54, 1.807) is 0 Å². The lowest BCUT2D eigenvalue weighted by Crippen LogP contribution is -2.02. The fourth-order valence-corrected chi connectivity index (χ4v) is 1.48. The summed E-state index contributed by atoms with van der Waals surface area (Å²) in [7, 11) is 0. The van der Waals surface area contributed by atoms with Crippen LogP contribution in [0.2, 0.25) is 10.0 Å². The largest absolute Gasteiger partial charge is 0.326 e. The van der Waals surface area contributed by atoms with Gasteiger partial charge in [0.2, 0.25) is 0 Å². The first-order valence-electron chi connectivity index (χ1n) is 3.34. The third-order valence-electron chi connectivity index (χ3n) is 1.45. The lowest BCUT2D eigenvalue weighted by molar-refractivity contribution is 1.25. The molecule has 0 aliphatic carbocycles. The molecule has 0 aromatic carbocycles. The molecule has 2 nitrogen and oxygen atoms in total. The van der Waals surface area contributed by atoms with Gasteiger partial charge in [0.05, 0.1) is 10.0 Å². The van der Waals surface area contributed by atoms with Crippen molar-refractivity contribution in [1.82, 2.24) is 4.98 Å². The fourth-order valence-electron chi connectivity index (χ4n) is 0.851. The Morgan fingerprint density at radius 1 is 1.42 bits per heavy atom. The van der Waals surface area contributed by atoms with Gasteiger partial charge in [-0.15, -0.1) is 0 Å². The highest BCUT2D eigenvalue weighted by Gasteiger charge is 2.07. The second-order valence-corrected chi connectivity index (χ2v) is 3.10. The molecule has 0 bridgehead atoms. The summed E-state index contributed by atoms with van der Waals surface area (Å²) in [6.07, 6.45) is 3.03. The number of hydrogen-bond donors (Lipinski definition) is 1. The first-order valence-corrected chi connectivity index (χ1v) is 4.09. The standard InChI is InChI=1S/C8H8Cl2N2/c1-5(2-11)8-6(9)3-12-4-7(8)10/h3-4H,1-2,11H2. The van der Waals surface area contributed by atoms with Crippen molar-refractivity contribution < 1.29 is 0 Å². The topological polar surface area (TPSA) is 38.9 Å². The van der Waals surface area contributed by atoms with Crippen LogP contribution in [-0.4, -0.2) is 11.5 Å².